The van der Waals surface area contributed by atoms with E-state index >= 15 is 0 Å². The number of hydrogen-bond donors (Lipinski definition) is 2. The molecule has 112 valence electrons. The van der Waals surface area contributed by atoms with Gasteiger partial charge in [0.1, 0.15) is 0 Å². The highest BCUT2D eigenvalue weighted by Gasteiger charge is 2.14. The number of anilines is 1. The average molecular weight is 317 g/mol. The Morgan fingerprint density at radius 3 is 2.80 bits per heavy atom. The molecule has 0 bridgehead atoms. The molecule has 1 aromatic carbocycles. The SMILES string of the molecule is Cc1ccc(Cl)cc1NC(=O)CCC1CCNCC1.Cl. The molecule has 0 spiro atoms. The number of carbonyl (C=O) groups excluding carboxylic acids is 1. The van der Waals surface area contributed by atoms with E-state index in [2.05, 4.69) is 10.6 Å². The van der Waals surface area contributed by atoms with Crippen LogP contribution in [0.25, 0.3) is 0 Å². The summed E-state index contributed by atoms with van der Waals surface area (Å²) >= 11 is 5.94. The maximum Gasteiger partial charge on any atom is 0.224 e. The van der Waals surface area contributed by atoms with Crippen LogP contribution >= 0.6 is 24.0 Å². The Morgan fingerprint density at radius 2 is 2.10 bits per heavy atom. The van der Waals surface area contributed by atoms with Crippen LogP contribution in [0.5, 0.6) is 0 Å². The van der Waals surface area contributed by atoms with Gasteiger partial charge in [-0.2, -0.15) is 0 Å². The molecule has 1 amide bonds. The smallest absolute Gasteiger partial charge is 0.224 e. The van der Waals surface area contributed by atoms with Crippen LogP contribution in [0, 0.1) is 12.8 Å². The Bertz CT molecular complexity index is 445. The molecular formula is C15H22Cl2N2O. The quantitative estimate of drug-likeness (QED) is 0.887. The molecule has 3 nitrogen and oxygen atoms in total. The maximum absolute atomic E-state index is 11.9. The highest BCUT2D eigenvalue weighted by Crippen LogP contribution is 2.22. The molecule has 1 heterocycles. The van der Waals surface area contributed by atoms with Crippen LogP contribution in [0.15, 0.2) is 18.2 Å². The Labute approximate surface area is 131 Å². The number of rotatable bonds is 4. The first-order valence-electron chi connectivity index (χ1n) is 6.92. The third-order valence-electron chi connectivity index (χ3n) is 3.71. The summed E-state index contributed by atoms with van der Waals surface area (Å²) in [6.07, 6.45) is 3.94. The molecular weight excluding hydrogens is 295 g/mol. The van der Waals surface area contributed by atoms with E-state index in [9.17, 15) is 4.79 Å². The maximum atomic E-state index is 11.9. The van der Waals surface area contributed by atoms with Crippen molar-refractivity contribution in [1.82, 2.24) is 5.32 Å². The number of benzene rings is 1. The van der Waals surface area contributed by atoms with E-state index in [0.717, 1.165) is 30.8 Å². The lowest BCUT2D eigenvalue weighted by molar-refractivity contribution is -0.116. The van der Waals surface area contributed by atoms with Gasteiger partial charge in [0.2, 0.25) is 5.91 Å². The molecule has 1 aromatic rings. The lowest BCUT2D eigenvalue weighted by atomic mass is 9.93. The molecule has 1 aliphatic heterocycles. The van der Waals surface area contributed by atoms with Gasteiger partial charge in [0, 0.05) is 17.1 Å². The number of piperidine rings is 1. The molecule has 0 radical (unpaired) electrons. The Morgan fingerprint density at radius 1 is 1.40 bits per heavy atom. The van der Waals surface area contributed by atoms with Crippen molar-refractivity contribution in [3.8, 4) is 0 Å². The second-order valence-corrected chi connectivity index (χ2v) is 5.68. The first-order chi connectivity index (χ1) is 9.15. The van der Waals surface area contributed by atoms with Crippen molar-refractivity contribution >= 4 is 35.6 Å². The number of nitrogens with one attached hydrogen (secondary N) is 2. The second kappa shape index (κ2) is 8.50. The fourth-order valence-electron chi connectivity index (χ4n) is 2.45. The first kappa shape index (κ1) is 17.3. The zero-order valence-corrected chi connectivity index (χ0v) is 13.3. The van der Waals surface area contributed by atoms with E-state index in [-0.39, 0.29) is 18.3 Å². The van der Waals surface area contributed by atoms with E-state index in [1.165, 1.54) is 12.8 Å². The number of halogens is 2. The zero-order valence-electron chi connectivity index (χ0n) is 11.7. The predicted molar refractivity (Wildman–Crippen MR) is 86.9 cm³/mol. The minimum Gasteiger partial charge on any atom is -0.326 e. The van der Waals surface area contributed by atoms with Crippen molar-refractivity contribution in [2.45, 2.75) is 32.6 Å². The third-order valence-corrected chi connectivity index (χ3v) is 3.95. The fraction of sp³-hybridized carbons (Fsp3) is 0.533. The standard InChI is InChI=1S/C15H21ClN2O.ClH/c1-11-2-4-13(16)10-14(11)18-15(19)5-3-12-6-8-17-9-7-12;/h2,4,10,12,17H,3,5-9H2,1H3,(H,18,19);1H. The van der Waals surface area contributed by atoms with E-state index in [4.69, 9.17) is 11.6 Å². The Hall–Kier alpha value is -0.770. The molecule has 2 N–H and O–H groups in total. The Balaban J connectivity index is 0.00000200. The molecule has 0 atom stereocenters. The molecule has 0 saturated carbocycles. The van der Waals surface area contributed by atoms with Crippen LogP contribution in [0.2, 0.25) is 5.02 Å². The average Bonchev–Trinajstić information content (AvgIpc) is 2.42. The summed E-state index contributed by atoms with van der Waals surface area (Å²) in [5.74, 6) is 0.774. The van der Waals surface area contributed by atoms with Crippen LogP contribution in [0.4, 0.5) is 5.69 Å². The van der Waals surface area contributed by atoms with Gasteiger partial charge in [-0.15, -0.1) is 12.4 Å². The molecule has 5 heteroatoms. The summed E-state index contributed by atoms with van der Waals surface area (Å²) in [5, 5.41) is 6.94. The van der Waals surface area contributed by atoms with Crippen LogP contribution in [0.3, 0.4) is 0 Å². The minimum absolute atomic E-state index is 0. The Kier molecular flexibility index (Phi) is 7.35. The third kappa shape index (κ3) is 5.31. The van der Waals surface area contributed by atoms with Crippen molar-refractivity contribution < 1.29 is 4.79 Å². The van der Waals surface area contributed by atoms with Gasteiger partial charge >= 0.3 is 0 Å². The van der Waals surface area contributed by atoms with Crippen molar-refractivity contribution in [2.24, 2.45) is 5.92 Å². The molecule has 0 aromatic heterocycles. The van der Waals surface area contributed by atoms with E-state index in [0.29, 0.717) is 17.4 Å². The number of hydrogen-bond acceptors (Lipinski definition) is 2. The van der Waals surface area contributed by atoms with Gasteiger partial charge in [0.15, 0.2) is 0 Å². The number of aryl methyl sites for hydroxylation is 1. The zero-order chi connectivity index (χ0) is 13.7. The molecule has 1 fully saturated rings. The highest BCUT2D eigenvalue weighted by atomic mass is 35.5. The molecule has 1 aliphatic rings. The summed E-state index contributed by atoms with van der Waals surface area (Å²) in [6, 6.07) is 5.56. The van der Waals surface area contributed by atoms with Gasteiger partial charge in [-0.05, 0) is 62.9 Å². The van der Waals surface area contributed by atoms with Crippen molar-refractivity contribution in [1.29, 1.82) is 0 Å². The molecule has 0 unspecified atom stereocenters. The van der Waals surface area contributed by atoms with Gasteiger partial charge in [0.25, 0.3) is 0 Å². The van der Waals surface area contributed by atoms with Crippen LogP contribution in [0.1, 0.15) is 31.2 Å². The van der Waals surface area contributed by atoms with Crippen molar-refractivity contribution in [2.75, 3.05) is 18.4 Å². The monoisotopic (exact) mass is 316 g/mol. The fourth-order valence-corrected chi connectivity index (χ4v) is 2.62. The first-order valence-corrected chi connectivity index (χ1v) is 7.29. The molecule has 2 rings (SSSR count). The van der Waals surface area contributed by atoms with E-state index < -0.39 is 0 Å². The van der Waals surface area contributed by atoms with Crippen molar-refractivity contribution in [3.63, 3.8) is 0 Å². The molecule has 20 heavy (non-hydrogen) atoms. The molecule has 0 aliphatic carbocycles. The van der Waals surface area contributed by atoms with Crippen LogP contribution in [-0.2, 0) is 4.79 Å². The van der Waals surface area contributed by atoms with Gasteiger partial charge in [-0.3, -0.25) is 4.79 Å². The minimum atomic E-state index is 0. The second-order valence-electron chi connectivity index (χ2n) is 5.24. The van der Waals surface area contributed by atoms with Gasteiger partial charge in [0.05, 0.1) is 0 Å². The molecule has 1 saturated heterocycles. The van der Waals surface area contributed by atoms with Gasteiger partial charge in [-0.25, -0.2) is 0 Å². The number of carbonyl (C=O) groups is 1. The largest absolute Gasteiger partial charge is 0.326 e. The normalized spacial score (nSPS) is 15.5. The van der Waals surface area contributed by atoms with Gasteiger partial charge in [-0.1, -0.05) is 17.7 Å². The number of amides is 1. The summed E-state index contributed by atoms with van der Waals surface area (Å²) in [7, 11) is 0. The lowest BCUT2D eigenvalue weighted by Crippen LogP contribution is -2.28. The van der Waals surface area contributed by atoms with E-state index in [1.807, 2.05) is 19.1 Å². The predicted octanol–water partition coefficient (Wildman–Crippen LogP) is 3.79. The summed E-state index contributed by atoms with van der Waals surface area (Å²) in [5.41, 5.74) is 1.86. The topological polar surface area (TPSA) is 41.1 Å². The van der Waals surface area contributed by atoms with Crippen LogP contribution in [-0.4, -0.2) is 19.0 Å². The summed E-state index contributed by atoms with van der Waals surface area (Å²) in [4.78, 5) is 11.9. The summed E-state index contributed by atoms with van der Waals surface area (Å²) in [6.45, 7) is 4.14. The van der Waals surface area contributed by atoms with Gasteiger partial charge < -0.3 is 10.6 Å². The highest BCUT2D eigenvalue weighted by molar-refractivity contribution is 6.31. The summed E-state index contributed by atoms with van der Waals surface area (Å²) < 4.78 is 0. The van der Waals surface area contributed by atoms with E-state index in [1.54, 1.807) is 6.07 Å². The van der Waals surface area contributed by atoms with Crippen molar-refractivity contribution in [3.05, 3.63) is 28.8 Å². The van der Waals surface area contributed by atoms with Crippen LogP contribution < -0.4 is 10.6 Å². The lowest BCUT2D eigenvalue weighted by Gasteiger charge is -2.22.